The van der Waals surface area contributed by atoms with Crippen LogP contribution in [0.5, 0.6) is 0 Å². The molecule has 2 atom stereocenters. The quantitative estimate of drug-likeness (QED) is 0.381. The number of H-pyrrole nitrogens is 1. The lowest BCUT2D eigenvalue weighted by Crippen LogP contribution is -2.14. The lowest BCUT2D eigenvalue weighted by atomic mass is 10.0. The maximum absolute atomic E-state index is 12.2. The number of alkyl halides is 2. The molecule has 1 aromatic rings. The average Bonchev–Trinajstić information content (AvgIpc) is 2.93. The van der Waals surface area contributed by atoms with E-state index < -0.39 is 18.2 Å². The number of halogens is 2. The van der Waals surface area contributed by atoms with Gasteiger partial charge in [0.05, 0.1) is 30.2 Å². The predicted molar refractivity (Wildman–Crippen MR) is 90.8 cm³/mol. The largest absolute Gasteiger partial charge is 0.462 e. The molecule has 8 heteroatoms. The summed E-state index contributed by atoms with van der Waals surface area (Å²) in [6, 6.07) is 0. The van der Waals surface area contributed by atoms with Crippen LogP contribution in [0.1, 0.15) is 41.5 Å². The van der Waals surface area contributed by atoms with Crippen molar-refractivity contribution in [1.82, 2.24) is 10.2 Å². The maximum atomic E-state index is 12.2. The minimum Gasteiger partial charge on any atom is -0.462 e. The molecule has 3 N–H and O–H groups in total. The van der Waals surface area contributed by atoms with Crippen LogP contribution >= 0.6 is 31.9 Å². The molecule has 0 saturated carbocycles. The number of nitrogens with zero attached hydrogens (tertiary/aromatic N) is 1. The van der Waals surface area contributed by atoms with Crippen LogP contribution < -0.4 is 0 Å². The number of nitrogens with one attached hydrogen (secondary N) is 1. The van der Waals surface area contributed by atoms with Gasteiger partial charge in [-0.3, -0.25) is 5.10 Å². The molecule has 0 spiro atoms. The Morgan fingerprint density at radius 2 is 1.82 bits per heavy atom. The van der Waals surface area contributed by atoms with Gasteiger partial charge in [-0.1, -0.05) is 31.9 Å². The van der Waals surface area contributed by atoms with E-state index in [-0.39, 0.29) is 6.61 Å². The first-order valence-electron chi connectivity index (χ1n) is 7.24. The average molecular weight is 442 g/mol. The van der Waals surface area contributed by atoms with Crippen molar-refractivity contribution >= 4 is 37.8 Å². The van der Waals surface area contributed by atoms with Crippen molar-refractivity contribution in [2.45, 2.75) is 44.8 Å². The van der Waals surface area contributed by atoms with Gasteiger partial charge in [0.25, 0.3) is 0 Å². The normalized spacial score (nSPS) is 13.9. The summed E-state index contributed by atoms with van der Waals surface area (Å²) in [5, 5.41) is 27.3. The number of aliphatic hydroxyl groups is 2. The maximum Gasteiger partial charge on any atom is 0.341 e. The van der Waals surface area contributed by atoms with E-state index in [4.69, 9.17) is 4.74 Å². The second-order valence-corrected chi connectivity index (χ2v) is 6.23. The van der Waals surface area contributed by atoms with E-state index in [1.165, 1.54) is 0 Å². The lowest BCUT2D eigenvalue weighted by molar-refractivity contribution is 0.0523. The number of aromatic amines is 1. The molecule has 0 bridgehead atoms. The van der Waals surface area contributed by atoms with E-state index in [0.29, 0.717) is 53.3 Å². The standard InChI is InChI=1S/C14H22Br2N2O4/c1-2-22-14(21)13-11(5-3-9(19)7-15)17-18-12(13)6-4-10(20)8-16/h9-10,19-20H,2-8H2,1H3,(H,17,18)/t9-,10-/m1/s1. The first-order chi connectivity index (χ1) is 10.5. The summed E-state index contributed by atoms with van der Waals surface area (Å²) in [5.74, 6) is -0.414. The molecule has 1 heterocycles. The van der Waals surface area contributed by atoms with Crippen LogP contribution in [-0.2, 0) is 17.6 Å². The fourth-order valence-corrected chi connectivity index (χ4v) is 2.64. The Bertz CT molecular complexity index is 436. The minimum atomic E-state index is -0.481. The molecular formula is C14H22Br2N2O4. The van der Waals surface area contributed by atoms with E-state index in [1.807, 2.05) is 0 Å². The predicted octanol–water partition coefficient (Wildman–Crippen LogP) is 1.96. The Hall–Kier alpha value is -0.440. The number of carbonyl (C=O) groups is 1. The zero-order chi connectivity index (χ0) is 16.5. The molecule has 0 unspecified atom stereocenters. The summed E-state index contributed by atoms with van der Waals surface area (Å²) in [6.07, 6.45) is 1.06. The number of hydrogen-bond acceptors (Lipinski definition) is 5. The Balaban J connectivity index is 2.86. The minimum absolute atomic E-state index is 0.289. The SMILES string of the molecule is CCOC(=O)c1c(CC[C@@H](O)CBr)n[nH]c1CC[C@@H](O)CBr. The van der Waals surface area contributed by atoms with Crippen molar-refractivity contribution in [3.63, 3.8) is 0 Å². The van der Waals surface area contributed by atoms with E-state index >= 15 is 0 Å². The molecule has 6 nitrogen and oxygen atoms in total. The molecule has 0 aliphatic rings. The first kappa shape index (κ1) is 19.6. The summed E-state index contributed by atoms with van der Waals surface area (Å²) in [5.41, 5.74) is 1.70. The molecule has 0 radical (unpaired) electrons. The van der Waals surface area contributed by atoms with E-state index in [9.17, 15) is 15.0 Å². The molecule has 0 amide bonds. The molecule has 0 aliphatic carbocycles. The summed E-state index contributed by atoms with van der Waals surface area (Å²) in [7, 11) is 0. The Labute approximate surface area is 146 Å². The zero-order valence-corrected chi connectivity index (χ0v) is 15.7. The molecule has 0 aromatic carbocycles. The first-order valence-corrected chi connectivity index (χ1v) is 9.49. The van der Waals surface area contributed by atoms with Gasteiger partial charge in [-0.25, -0.2) is 4.79 Å². The molecular weight excluding hydrogens is 420 g/mol. The van der Waals surface area contributed by atoms with E-state index in [0.717, 1.165) is 0 Å². The van der Waals surface area contributed by atoms with Crippen molar-refractivity contribution in [1.29, 1.82) is 0 Å². The number of hydrogen-bond donors (Lipinski definition) is 3. The highest BCUT2D eigenvalue weighted by molar-refractivity contribution is 9.09. The Kier molecular flexibility index (Phi) is 9.23. The number of ether oxygens (including phenoxy) is 1. The molecule has 0 aliphatic heterocycles. The van der Waals surface area contributed by atoms with Crippen molar-refractivity contribution in [3.05, 3.63) is 17.0 Å². The van der Waals surface area contributed by atoms with Crippen molar-refractivity contribution in [2.24, 2.45) is 0 Å². The highest BCUT2D eigenvalue weighted by Gasteiger charge is 2.22. The number of aryl methyl sites for hydroxylation is 2. The van der Waals surface area contributed by atoms with Crippen LogP contribution in [0.2, 0.25) is 0 Å². The number of aromatic nitrogens is 2. The fraction of sp³-hybridized carbons (Fsp3) is 0.714. The molecule has 126 valence electrons. The third-order valence-electron chi connectivity index (χ3n) is 3.19. The number of carbonyl (C=O) groups excluding carboxylic acids is 1. The van der Waals surface area contributed by atoms with Gasteiger partial charge in [-0.2, -0.15) is 5.10 Å². The second-order valence-electron chi connectivity index (χ2n) is 4.94. The zero-order valence-electron chi connectivity index (χ0n) is 12.5. The van der Waals surface area contributed by atoms with Gasteiger partial charge >= 0.3 is 5.97 Å². The summed E-state index contributed by atoms with van der Waals surface area (Å²) in [6.45, 7) is 2.04. The van der Waals surface area contributed by atoms with Crippen molar-refractivity contribution < 1.29 is 19.7 Å². The van der Waals surface area contributed by atoms with Gasteiger partial charge in [0.15, 0.2) is 0 Å². The highest BCUT2D eigenvalue weighted by atomic mass is 79.9. The third kappa shape index (κ3) is 5.98. The topological polar surface area (TPSA) is 95.4 Å². The van der Waals surface area contributed by atoms with E-state index in [1.54, 1.807) is 6.92 Å². The molecule has 0 fully saturated rings. The van der Waals surface area contributed by atoms with Gasteiger partial charge in [-0.05, 0) is 32.6 Å². The Morgan fingerprint density at radius 1 is 1.23 bits per heavy atom. The molecule has 1 rings (SSSR count). The van der Waals surface area contributed by atoms with Crippen LogP contribution in [0.4, 0.5) is 0 Å². The van der Waals surface area contributed by atoms with Crippen LogP contribution in [0.15, 0.2) is 0 Å². The Morgan fingerprint density at radius 3 is 2.36 bits per heavy atom. The van der Waals surface area contributed by atoms with Crippen LogP contribution in [-0.4, -0.2) is 55.9 Å². The molecule has 22 heavy (non-hydrogen) atoms. The van der Waals surface area contributed by atoms with E-state index in [2.05, 4.69) is 42.1 Å². The number of aliphatic hydroxyl groups excluding tert-OH is 2. The smallest absolute Gasteiger partial charge is 0.341 e. The van der Waals surface area contributed by atoms with Gasteiger partial charge in [0, 0.05) is 10.7 Å². The fourth-order valence-electron chi connectivity index (χ4n) is 2.00. The highest BCUT2D eigenvalue weighted by Crippen LogP contribution is 2.18. The summed E-state index contributed by atoms with van der Waals surface area (Å²) >= 11 is 6.43. The van der Waals surface area contributed by atoms with Gasteiger partial charge < -0.3 is 14.9 Å². The molecule has 0 saturated heterocycles. The van der Waals surface area contributed by atoms with Crippen LogP contribution in [0.25, 0.3) is 0 Å². The molecule has 1 aromatic heterocycles. The lowest BCUT2D eigenvalue weighted by Gasteiger charge is -2.09. The van der Waals surface area contributed by atoms with Crippen LogP contribution in [0.3, 0.4) is 0 Å². The number of esters is 1. The number of rotatable bonds is 10. The van der Waals surface area contributed by atoms with Gasteiger partial charge in [-0.15, -0.1) is 0 Å². The van der Waals surface area contributed by atoms with Crippen LogP contribution in [0, 0.1) is 0 Å². The van der Waals surface area contributed by atoms with Crippen molar-refractivity contribution in [2.75, 3.05) is 17.3 Å². The monoisotopic (exact) mass is 440 g/mol. The second kappa shape index (κ2) is 10.4. The summed E-state index contributed by atoms with van der Waals surface area (Å²) < 4.78 is 5.09. The van der Waals surface area contributed by atoms with Gasteiger partial charge in [0.2, 0.25) is 0 Å². The summed E-state index contributed by atoms with van der Waals surface area (Å²) in [4.78, 5) is 12.2. The van der Waals surface area contributed by atoms with Crippen molar-refractivity contribution in [3.8, 4) is 0 Å². The third-order valence-corrected chi connectivity index (χ3v) is 4.69. The van der Waals surface area contributed by atoms with Gasteiger partial charge in [0.1, 0.15) is 5.56 Å².